The number of carbonyl (C=O) groups is 2. The second-order valence-corrected chi connectivity index (χ2v) is 8.12. The fourth-order valence-electron chi connectivity index (χ4n) is 4.19. The van der Waals surface area contributed by atoms with Crippen molar-refractivity contribution in [1.82, 2.24) is 19.8 Å². The summed E-state index contributed by atoms with van der Waals surface area (Å²) in [7, 11) is 1.55. The number of hydrogen-bond donors (Lipinski definition) is 2. The number of amides is 2. The number of rotatable bonds is 7. The van der Waals surface area contributed by atoms with Crippen LogP contribution in [-0.4, -0.2) is 45.8 Å². The lowest BCUT2D eigenvalue weighted by Gasteiger charge is -2.25. The van der Waals surface area contributed by atoms with Crippen LogP contribution in [0, 0.1) is 5.95 Å². The molecule has 3 aromatic rings. The summed E-state index contributed by atoms with van der Waals surface area (Å²) in [6.07, 6.45) is 3.94. The van der Waals surface area contributed by atoms with Gasteiger partial charge in [0, 0.05) is 43.7 Å². The highest BCUT2D eigenvalue weighted by Crippen LogP contribution is 2.41. The Labute approximate surface area is 197 Å². The fourth-order valence-corrected chi connectivity index (χ4v) is 4.19. The van der Waals surface area contributed by atoms with Crippen LogP contribution in [0.15, 0.2) is 59.9 Å². The van der Waals surface area contributed by atoms with Gasteiger partial charge in [0.2, 0.25) is 5.95 Å². The van der Waals surface area contributed by atoms with Crippen molar-refractivity contribution in [3.63, 3.8) is 0 Å². The molecule has 34 heavy (non-hydrogen) atoms. The van der Waals surface area contributed by atoms with Crippen LogP contribution in [0.2, 0.25) is 0 Å². The third-order valence-corrected chi connectivity index (χ3v) is 6.01. The number of halogens is 1. The van der Waals surface area contributed by atoms with Gasteiger partial charge in [-0.1, -0.05) is 25.1 Å². The van der Waals surface area contributed by atoms with Crippen molar-refractivity contribution < 1.29 is 14.0 Å². The first kappa shape index (κ1) is 23.2. The Balaban J connectivity index is 1.91. The number of hydrogen-bond acceptors (Lipinski definition) is 5. The van der Waals surface area contributed by atoms with E-state index < -0.39 is 11.5 Å². The van der Waals surface area contributed by atoms with Crippen LogP contribution in [0.3, 0.4) is 0 Å². The molecule has 8 nitrogen and oxygen atoms in total. The number of aromatic nitrogens is 2. The first-order chi connectivity index (χ1) is 16.3. The summed E-state index contributed by atoms with van der Waals surface area (Å²) in [6.45, 7) is 4.95. The molecule has 4 rings (SSSR count). The Morgan fingerprint density at radius 2 is 1.97 bits per heavy atom. The minimum Gasteiger partial charge on any atom is -0.369 e. The molecule has 1 unspecified atom stereocenters. The van der Waals surface area contributed by atoms with Gasteiger partial charge in [-0.15, -0.1) is 0 Å². The molecule has 3 heterocycles. The third-order valence-electron chi connectivity index (χ3n) is 6.01. The summed E-state index contributed by atoms with van der Waals surface area (Å²) in [5.74, 6) is -1.14. The quantitative estimate of drug-likeness (QED) is 0.527. The number of benzene rings is 1. The summed E-state index contributed by atoms with van der Waals surface area (Å²) >= 11 is 0. The lowest BCUT2D eigenvalue weighted by atomic mass is 9.83. The van der Waals surface area contributed by atoms with Crippen molar-refractivity contribution in [2.75, 3.05) is 13.6 Å². The van der Waals surface area contributed by atoms with Gasteiger partial charge in [-0.3, -0.25) is 14.5 Å². The topological polar surface area (TPSA) is 106 Å². The zero-order valence-electron chi connectivity index (χ0n) is 19.4. The number of aliphatic imine (C=N–C) groups is 1. The van der Waals surface area contributed by atoms with E-state index in [1.165, 1.54) is 11.1 Å². The summed E-state index contributed by atoms with van der Waals surface area (Å²) < 4.78 is 16.2. The highest BCUT2D eigenvalue weighted by Gasteiger charge is 2.50. The van der Waals surface area contributed by atoms with E-state index in [1.54, 1.807) is 60.3 Å². The maximum absolute atomic E-state index is 14.4. The Morgan fingerprint density at radius 1 is 1.18 bits per heavy atom. The van der Waals surface area contributed by atoms with Crippen LogP contribution in [0.1, 0.15) is 41.9 Å². The van der Waals surface area contributed by atoms with Gasteiger partial charge in [-0.05, 0) is 48.7 Å². The molecule has 1 aliphatic rings. The van der Waals surface area contributed by atoms with E-state index in [0.717, 1.165) is 6.42 Å². The Kier molecular flexibility index (Phi) is 6.19. The van der Waals surface area contributed by atoms with E-state index in [-0.39, 0.29) is 17.8 Å². The Morgan fingerprint density at radius 3 is 2.62 bits per heavy atom. The predicted molar refractivity (Wildman–Crippen MR) is 128 cm³/mol. The van der Waals surface area contributed by atoms with Gasteiger partial charge in [0.25, 0.3) is 11.8 Å². The lowest BCUT2D eigenvalue weighted by Crippen LogP contribution is -2.41. The molecule has 0 fully saturated rings. The van der Waals surface area contributed by atoms with Crippen molar-refractivity contribution in [2.24, 2.45) is 10.7 Å². The van der Waals surface area contributed by atoms with E-state index in [9.17, 15) is 14.0 Å². The largest absolute Gasteiger partial charge is 0.369 e. The van der Waals surface area contributed by atoms with Crippen molar-refractivity contribution >= 4 is 17.8 Å². The summed E-state index contributed by atoms with van der Waals surface area (Å²) in [6, 6.07) is 11.9. The minimum atomic E-state index is -1.51. The maximum atomic E-state index is 14.4. The Bertz CT molecular complexity index is 1280. The average molecular weight is 463 g/mol. The van der Waals surface area contributed by atoms with E-state index in [1.807, 2.05) is 13.8 Å². The van der Waals surface area contributed by atoms with Crippen molar-refractivity contribution in [2.45, 2.75) is 32.4 Å². The van der Waals surface area contributed by atoms with Gasteiger partial charge in [0.1, 0.15) is 5.69 Å². The number of nitrogens with one attached hydrogen (secondary N) is 1. The molecular formula is C25H27FN6O2. The zero-order valence-corrected chi connectivity index (χ0v) is 19.4. The van der Waals surface area contributed by atoms with E-state index in [0.29, 0.717) is 41.0 Å². The van der Waals surface area contributed by atoms with Crippen LogP contribution in [-0.2, 0) is 16.9 Å². The van der Waals surface area contributed by atoms with Crippen molar-refractivity contribution in [1.29, 1.82) is 0 Å². The van der Waals surface area contributed by atoms with Crippen molar-refractivity contribution in [3.8, 4) is 11.1 Å². The molecule has 0 aliphatic carbocycles. The van der Waals surface area contributed by atoms with Gasteiger partial charge < -0.3 is 15.6 Å². The molecule has 0 saturated heterocycles. The molecule has 0 radical (unpaired) electrons. The van der Waals surface area contributed by atoms with Gasteiger partial charge in [0.05, 0.1) is 0 Å². The smallest absolute Gasteiger partial charge is 0.267 e. The number of carbonyl (C=O) groups excluding carboxylic acids is 2. The van der Waals surface area contributed by atoms with Gasteiger partial charge in [0.15, 0.2) is 11.5 Å². The number of nitrogens with zero attached hydrogens (tertiary/aromatic N) is 4. The molecular weight excluding hydrogens is 435 g/mol. The molecule has 2 amide bonds. The molecule has 1 aliphatic heterocycles. The van der Waals surface area contributed by atoms with Gasteiger partial charge in [-0.2, -0.15) is 4.39 Å². The average Bonchev–Trinajstić information content (AvgIpc) is 3.38. The first-order valence-corrected chi connectivity index (χ1v) is 11.2. The van der Waals surface area contributed by atoms with Crippen LogP contribution in [0.5, 0.6) is 0 Å². The predicted octanol–water partition coefficient (Wildman–Crippen LogP) is 2.88. The summed E-state index contributed by atoms with van der Waals surface area (Å²) in [5.41, 5.74) is 6.90. The molecule has 176 valence electrons. The van der Waals surface area contributed by atoms with E-state index >= 15 is 0 Å². The summed E-state index contributed by atoms with van der Waals surface area (Å²) in [4.78, 5) is 36.1. The molecule has 2 aromatic heterocycles. The van der Waals surface area contributed by atoms with Crippen molar-refractivity contribution in [3.05, 3.63) is 77.6 Å². The number of guanidine groups is 1. The van der Waals surface area contributed by atoms with Gasteiger partial charge >= 0.3 is 0 Å². The third kappa shape index (κ3) is 3.72. The first-order valence-electron chi connectivity index (χ1n) is 11.2. The molecule has 0 spiro atoms. The second kappa shape index (κ2) is 9.09. The normalized spacial score (nSPS) is 17.7. The van der Waals surface area contributed by atoms with Crippen LogP contribution >= 0.6 is 0 Å². The van der Waals surface area contributed by atoms with Gasteiger partial charge in [-0.25, -0.2) is 9.98 Å². The highest BCUT2D eigenvalue weighted by atomic mass is 19.1. The molecule has 1 aromatic carbocycles. The fraction of sp³-hybridized carbons (Fsp3) is 0.280. The standard InChI is InChI=1S/C25H27FN6O2/c1-4-11-29-22(33)20-14-18(15-32(20)5-2)25(23(34)31(3)24(27)30-25)17-9-6-8-16(13-17)19-10-7-12-28-21(19)26/h6-10,12-15H,4-5,11H2,1-3H3,(H2,27,30)(H,29,33). The minimum absolute atomic E-state index is 0.0594. The maximum Gasteiger partial charge on any atom is 0.267 e. The monoisotopic (exact) mass is 462 g/mol. The number of likely N-dealkylation sites (N-methyl/N-ethyl adjacent to an activating group) is 1. The molecule has 0 bridgehead atoms. The molecule has 0 saturated carbocycles. The van der Waals surface area contributed by atoms with E-state index in [4.69, 9.17) is 5.73 Å². The molecule has 3 N–H and O–H groups in total. The molecule has 1 atom stereocenters. The van der Waals surface area contributed by atoms with Crippen LogP contribution in [0.4, 0.5) is 4.39 Å². The van der Waals surface area contributed by atoms with E-state index in [2.05, 4.69) is 15.3 Å². The zero-order chi connectivity index (χ0) is 24.5. The molecule has 9 heteroatoms. The SMILES string of the molecule is CCCNC(=O)c1cc(C2(c3cccc(-c4cccnc4F)c3)N=C(N)N(C)C2=O)cn1CC. The number of pyridine rings is 1. The lowest BCUT2D eigenvalue weighted by molar-refractivity contribution is -0.129. The van der Waals surface area contributed by atoms with Crippen LogP contribution in [0.25, 0.3) is 11.1 Å². The Hall–Kier alpha value is -4.01. The number of aryl methyl sites for hydroxylation is 1. The number of nitrogens with two attached hydrogens (primary N) is 1. The summed E-state index contributed by atoms with van der Waals surface area (Å²) in [5, 5.41) is 2.88. The highest BCUT2D eigenvalue weighted by molar-refractivity contribution is 6.09. The van der Waals surface area contributed by atoms with Crippen LogP contribution < -0.4 is 11.1 Å². The second-order valence-electron chi connectivity index (χ2n) is 8.12.